The summed E-state index contributed by atoms with van der Waals surface area (Å²) in [5.74, 6) is 0.128. The Morgan fingerprint density at radius 1 is 1.57 bits per heavy atom. The van der Waals surface area contributed by atoms with Crippen molar-refractivity contribution in [2.24, 2.45) is 0 Å². The van der Waals surface area contributed by atoms with E-state index in [4.69, 9.17) is 9.63 Å². The molecule has 2 aromatic heterocycles. The van der Waals surface area contributed by atoms with Crippen molar-refractivity contribution in [2.75, 3.05) is 5.75 Å². The van der Waals surface area contributed by atoms with Gasteiger partial charge in [0.25, 0.3) is 0 Å². The lowest BCUT2D eigenvalue weighted by Gasteiger charge is -2.11. The fourth-order valence-electron chi connectivity index (χ4n) is 1.50. The number of thiophene rings is 1. The van der Waals surface area contributed by atoms with Crippen LogP contribution in [0, 0.1) is 0 Å². The molecule has 112 valence electrons. The number of amides is 1. The van der Waals surface area contributed by atoms with Crippen LogP contribution in [-0.2, 0) is 15.3 Å². The second kappa shape index (κ2) is 7.23. The van der Waals surface area contributed by atoms with Crippen molar-refractivity contribution < 1.29 is 19.2 Å². The van der Waals surface area contributed by atoms with E-state index in [1.165, 1.54) is 30.0 Å². The average Bonchev–Trinajstić information content (AvgIpc) is 3.07. The highest BCUT2D eigenvalue weighted by atomic mass is 32.2. The molecule has 2 rings (SSSR count). The van der Waals surface area contributed by atoms with Crippen molar-refractivity contribution in [1.82, 2.24) is 15.5 Å². The molecule has 0 radical (unpaired) electrons. The molecular weight excluding hydrogens is 314 g/mol. The van der Waals surface area contributed by atoms with E-state index in [0.717, 1.165) is 4.88 Å². The van der Waals surface area contributed by atoms with Crippen molar-refractivity contribution in [3.05, 3.63) is 23.4 Å². The summed E-state index contributed by atoms with van der Waals surface area (Å²) in [6, 6.07) is 2.87. The van der Waals surface area contributed by atoms with Gasteiger partial charge in [0, 0.05) is 12.7 Å². The maximum Gasteiger partial charge on any atom is 0.327 e. The molecule has 2 N–H and O–H groups in total. The number of rotatable bonds is 7. The van der Waals surface area contributed by atoms with Crippen molar-refractivity contribution in [3.8, 4) is 10.7 Å². The Morgan fingerprint density at radius 2 is 2.38 bits per heavy atom. The largest absolute Gasteiger partial charge is 0.480 e. The Labute approximate surface area is 128 Å². The molecule has 7 nitrogen and oxygen atoms in total. The van der Waals surface area contributed by atoms with Gasteiger partial charge in [-0.25, -0.2) is 4.79 Å². The third kappa shape index (κ3) is 4.57. The number of thioether (sulfide) groups is 1. The van der Waals surface area contributed by atoms with E-state index in [9.17, 15) is 9.59 Å². The monoisotopic (exact) mass is 327 g/mol. The van der Waals surface area contributed by atoms with E-state index < -0.39 is 12.0 Å². The van der Waals surface area contributed by atoms with Crippen LogP contribution >= 0.6 is 23.1 Å². The van der Waals surface area contributed by atoms with E-state index in [0.29, 0.717) is 17.5 Å². The van der Waals surface area contributed by atoms with E-state index in [1.54, 1.807) is 0 Å². The van der Waals surface area contributed by atoms with Crippen molar-refractivity contribution in [3.63, 3.8) is 0 Å². The van der Waals surface area contributed by atoms with Gasteiger partial charge in [-0.15, -0.1) is 23.1 Å². The smallest absolute Gasteiger partial charge is 0.327 e. The van der Waals surface area contributed by atoms with E-state index in [1.807, 2.05) is 17.5 Å². The number of carbonyl (C=O) groups excluding carboxylic acids is 1. The fourth-order valence-corrected chi connectivity index (χ4v) is 3.02. The van der Waals surface area contributed by atoms with E-state index in [2.05, 4.69) is 15.5 Å². The maximum absolute atomic E-state index is 11.0. The Hall–Kier alpha value is -1.87. The van der Waals surface area contributed by atoms with Crippen molar-refractivity contribution in [2.45, 2.75) is 18.7 Å². The number of aliphatic carboxylic acids is 1. The molecule has 0 aliphatic rings. The number of carbonyl (C=O) groups is 2. The van der Waals surface area contributed by atoms with Gasteiger partial charge in [0.05, 0.1) is 10.6 Å². The molecule has 9 heteroatoms. The van der Waals surface area contributed by atoms with Crippen LogP contribution in [0.5, 0.6) is 0 Å². The second-order valence-corrected chi connectivity index (χ2v) is 6.07. The first-order valence-corrected chi connectivity index (χ1v) is 8.04. The molecule has 21 heavy (non-hydrogen) atoms. The topological polar surface area (TPSA) is 105 Å². The number of carboxylic acid groups (broad SMARTS) is 1. The van der Waals surface area contributed by atoms with Gasteiger partial charge in [-0.05, 0) is 11.4 Å². The van der Waals surface area contributed by atoms with Gasteiger partial charge in [0.1, 0.15) is 6.04 Å². The normalized spacial score (nSPS) is 12.0. The van der Waals surface area contributed by atoms with Crippen LogP contribution in [0.1, 0.15) is 12.8 Å². The molecule has 2 aromatic rings. The predicted octanol–water partition coefficient (Wildman–Crippen LogP) is 1.62. The first kappa shape index (κ1) is 15.5. The molecule has 0 aliphatic heterocycles. The molecule has 0 aromatic carbocycles. The highest BCUT2D eigenvalue weighted by Gasteiger charge is 2.19. The molecule has 0 saturated heterocycles. The molecular formula is C12H13N3O4S2. The third-order valence-electron chi connectivity index (χ3n) is 2.40. The zero-order chi connectivity index (χ0) is 15.2. The summed E-state index contributed by atoms with van der Waals surface area (Å²) in [4.78, 5) is 27.0. The number of nitrogens with one attached hydrogen (secondary N) is 1. The van der Waals surface area contributed by atoms with Crippen LogP contribution in [0.15, 0.2) is 22.0 Å². The van der Waals surface area contributed by atoms with Crippen molar-refractivity contribution >= 4 is 35.0 Å². The summed E-state index contributed by atoms with van der Waals surface area (Å²) in [6.07, 6.45) is 0. The molecule has 1 amide bonds. The van der Waals surface area contributed by atoms with Crippen molar-refractivity contribution in [1.29, 1.82) is 0 Å². The van der Waals surface area contributed by atoms with Gasteiger partial charge >= 0.3 is 5.97 Å². The SMILES string of the molecule is CC(=O)N[C@@H](CSCc1nc(-c2cccs2)no1)C(=O)O. The summed E-state index contributed by atoms with van der Waals surface area (Å²) in [5.41, 5.74) is 0. The van der Waals surface area contributed by atoms with E-state index in [-0.39, 0.29) is 11.7 Å². The molecule has 1 atom stereocenters. The maximum atomic E-state index is 11.0. The number of nitrogens with zero attached hydrogens (tertiary/aromatic N) is 2. The highest BCUT2D eigenvalue weighted by Crippen LogP contribution is 2.22. The highest BCUT2D eigenvalue weighted by molar-refractivity contribution is 7.98. The van der Waals surface area contributed by atoms with Gasteiger partial charge < -0.3 is 14.9 Å². The zero-order valence-corrected chi connectivity index (χ0v) is 12.7. The predicted molar refractivity (Wildman–Crippen MR) is 79.0 cm³/mol. The van der Waals surface area contributed by atoms with Gasteiger partial charge in [0.15, 0.2) is 0 Å². The molecule has 0 unspecified atom stereocenters. The quantitative estimate of drug-likeness (QED) is 0.796. The second-order valence-electron chi connectivity index (χ2n) is 4.10. The molecule has 0 aliphatic carbocycles. The lowest BCUT2D eigenvalue weighted by Crippen LogP contribution is -2.41. The van der Waals surface area contributed by atoms with Crippen LogP contribution in [0.3, 0.4) is 0 Å². The zero-order valence-electron chi connectivity index (χ0n) is 11.1. The third-order valence-corrected chi connectivity index (χ3v) is 4.28. The van der Waals surface area contributed by atoms with Gasteiger partial charge in [-0.3, -0.25) is 4.79 Å². The number of hydrogen-bond donors (Lipinski definition) is 2. The van der Waals surface area contributed by atoms with Gasteiger partial charge in [-0.1, -0.05) is 11.2 Å². The van der Waals surface area contributed by atoms with Crippen LogP contribution in [0.25, 0.3) is 10.7 Å². The Morgan fingerprint density at radius 3 is 3.00 bits per heavy atom. The van der Waals surface area contributed by atoms with Gasteiger partial charge in [-0.2, -0.15) is 4.98 Å². The minimum absolute atomic E-state index is 0.228. The van der Waals surface area contributed by atoms with Crippen LogP contribution in [-0.4, -0.2) is 38.9 Å². The number of hydrogen-bond acceptors (Lipinski definition) is 7. The first-order chi connectivity index (χ1) is 10.1. The van der Waals surface area contributed by atoms with Crippen LogP contribution in [0.4, 0.5) is 0 Å². The molecule has 0 spiro atoms. The summed E-state index contributed by atoms with van der Waals surface area (Å²) < 4.78 is 5.10. The van der Waals surface area contributed by atoms with Crippen LogP contribution in [0.2, 0.25) is 0 Å². The lowest BCUT2D eigenvalue weighted by molar-refractivity contribution is -0.140. The Balaban J connectivity index is 1.85. The Kier molecular flexibility index (Phi) is 5.34. The molecule has 0 fully saturated rings. The minimum atomic E-state index is -1.07. The van der Waals surface area contributed by atoms with Gasteiger partial charge in [0.2, 0.25) is 17.6 Å². The minimum Gasteiger partial charge on any atom is -0.480 e. The average molecular weight is 327 g/mol. The standard InChI is InChI=1S/C12H13N3O4S2/c1-7(16)13-8(12(17)18)5-20-6-10-14-11(15-19-10)9-3-2-4-21-9/h2-4,8H,5-6H2,1H3,(H,13,16)(H,17,18)/t8-/m0/s1. The molecule has 0 bridgehead atoms. The van der Waals surface area contributed by atoms with E-state index >= 15 is 0 Å². The Bertz CT molecular complexity index is 612. The fraction of sp³-hybridized carbons (Fsp3) is 0.333. The summed E-state index contributed by atoms with van der Waals surface area (Å²) in [6.45, 7) is 1.28. The number of carboxylic acids is 1. The summed E-state index contributed by atoms with van der Waals surface area (Å²) >= 11 is 2.82. The number of aromatic nitrogens is 2. The molecule has 2 heterocycles. The lowest BCUT2D eigenvalue weighted by atomic mass is 10.3. The summed E-state index contributed by atoms with van der Waals surface area (Å²) in [5, 5.41) is 17.1. The molecule has 0 saturated carbocycles. The first-order valence-electron chi connectivity index (χ1n) is 6.00. The van der Waals surface area contributed by atoms with Crippen LogP contribution < -0.4 is 5.32 Å². The summed E-state index contributed by atoms with van der Waals surface area (Å²) in [7, 11) is 0.